The molecule has 0 spiro atoms. The largest absolute Gasteiger partial charge is 0.389 e. The molecule has 1 rings (SSSR count). The molecule has 1 aromatic carbocycles. The van der Waals surface area contributed by atoms with Crippen LogP contribution in [0.2, 0.25) is 0 Å². The lowest BCUT2D eigenvalue weighted by Gasteiger charge is -2.15. The van der Waals surface area contributed by atoms with Crippen molar-refractivity contribution in [1.82, 2.24) is 0 Å². The Bertz CT molecular complexity index is 325. The minimum atomic E-state index is -0.537. The molecule has 2 nitrogen and oxygen atoms in total. The maximum absolute atomic E-state index is 9.77. The van der Waals surface area contributed by atoms with Gasteiger partial charge in [-0.15, -0.1) is 0 Å². The molecule has 0 aliphatic rings. The van der Waals surface area contributed by atoms with E-state index in [1.54, 1.807) is 12.1 Å². The summed E-state index contributed by atoms with van der Waals surface area (Å²) in [5.74, 6) is 0.142. The molecule has 0 saturated heterocycles. The second-order valence-corrected chi connectivity index (χ2v) is 3.36. The second-order valence-electron chi connectivity index (χ2n) is 3.36. The molecular weight excluding hydrogens is 162 g/mol. The third kappa shape index (κ3) is 2.07. The molecule has 2 heteroatoms. The summed E-state index contributed by atoms with van der Waals surface area (Å²) < 4.78 is 0. The zero-order valence-electron chi connectivity index (χ0n) is 7.86. The van der Waals surface area contributed by atoms with Crippen molar-refractivity contribution in [3.8, 4) is 0 Å². The van der Waals surface area contributed by atoms with E-state index in [0.717, 1.165) is 5.56 Å². The molecule has 1 atom stereocenters. The van der Waals surface area contributed by atoms with E-state index in [1.165, 1.54) is 0 Å². The molecule has 0 radical (unpaired) electrons. The Hall–Kier alpha value is -1.33. The van der Waals surface area contributed by atoms with Crippen LogP contribution in [0.25, 0.3) is 4.85 Å². The fourth-order valence-electron chi connectivity index (χ4n) is 1.20. The number of para-hydroxylation sites is 1. The van der Waals surface area contributed by atoms with Crippen molar-refractivity contribution >= 4 is 5.69 Å². The Morgan fingerprint density at radius 1 is 1.31 bits per heavy atom. The summed E-state index contributed by atoms with van der Waals surface area (Å²) in [5, 5.41) is 9.77. The molecule has 13 heavy (non-hydrogen) atoms. The number of nitrogens with zero attached hydrogens (tertiary/aromatic N) is 1. The molecule has 0 aliphatic heterocycles. The topological polar surface area (TPSA) is 24.6 Å². The smallest absolute Gasteiger partial charge is 0.192 e. The van der Waals surface area contributed by atoms with Crippen LogP contribution in [0.4, 0.5) is 5.69 Å². The first kappa shape index (κ1) is 9.76. The molecule has 0 aliphatic carbocycles. The van der Waals surface area contributed by atoms with Gasteiger partial charge in [-0.3, -0.25) is 0 Å². The van der Waals surface area contributed by atoms with Gasteiger partial charge in [0.15, 0.2) is 5.69 Å². The van der Waals surface area contributed by atoms with E-state index < -0.39 is 6.10 Å². The summed E-state index contributed by atoms with van der Waals surface area (Å²) in [6, 6.07) is 7.19. The zero-order chi connectivity index (χ0) is 9.84. The van der Waals surface area contributed by atoms with Gasteiger partial charge >= 0.3 is 0 Å². The van der Waals surface area contributed by atoms with Gasteiger partial charge in [0.25, 0.3) is 0 Å². The van der Waals surface area contributed by atoms with Gasteiger partial charge in [-0.1, -0.05) is 38.1 Å². The summed E-state index contributed by atoms with van der Waals surface area (Å²) in [6.07, 6.45) is -0.537. The SMILES string of the molecule is [C-]#[N+]c1ccccc1C(O)C(C)C. The highest BCUT2D eigenvalue weighted by atomic mass is 16.3. The normalized spacial score (nSPS) is 12.5. The number of aliphatic hydroxyl groups excluding tert-OH is 1. The highest BCUT2D eigenvalue weighted by Gasteiger charge is 2.14. The number of hydrogen-bond donors (Lipinski definition) is 1. The Labute approximate surface area is 78.7 Å². The Morgan fingerprint density at radius 2 is 1.92 bits per heavy atom. The molecule has 0 saturated carbocycles. The van der Waals surface area contributed by atoms with E-state index in [1.807, 2.05) is 26.0 Å². The number of aliphatic hydroxyl groups is 1. The Kier molecular flexibility index (Phi) is 3.05. The van der Waals surface area contributed by atoms with E-state index in [2.05, 4.69) is 4.85 Å². The second kappa shape index (κ2) is 4.06. The average molecular weight is 175 g/mol. The third-order valence-corrected chi connectivity index (χ3v) is 2.01. The van der Waals surface area contributed by atoms with Crippen LogP contribution in [-0.4, -0.2) is 5.11 Å². The number of rotatable bonds is 2. The van der Waals surface area contributed by atoms with Gasteiger partial charge in [-0.05, 0) is 11.5 Å². The monoisotopic (exact) mass is 175 g/mol. The Morgan fingerprint density at radius 3 is 2.46 bits per heavy atom. The quantitative estimate of drug-likeness (QED) is 0.687. The predicted molar refractivity (Wildman–Crippen MR) is 52.5 cm³/mol. The van der Waals surface area contributed by atoms with E-state index in [0.29, 0.717) is 5.69 Å². The first-order valence-electron chi connectivity index (χ1n) is 4.31. The molecule has 0 bridgehead atoms. The van der Waals surface area contributed by atoms with Crippen molar-refractivity contribution in [2.75, 3.05) is 0 Å². The highest BCUT2D eigenvalue weighted by Crippen LogP contribution is 2.29. The molecule has 0 amide bonds. The van der Waals surface area contributed by atoms with Crippen LogP contribution < -0.4 is 0 Å². The summed E-state index contributed by atoms with van der Waals surface area (Å²) in [6.45, 7) is 10.8. The van der Waals surface area contributed by atoms with Gasteiger partial charge in [0.05, 0.1) is 12.7 Å². The molecule has 68 valence electrons. The van der Waals surface area contributed by atoms with Crippen LogP contribution in [0.1, 0.15) is 25.5 Å². The lowest BCUT2D eigenvalue weighted by atomic mass is 9.98. The van der Waals surface area contributed by atoms with E-state index in [-0.39, 0.29) is 5.92 Å². The van der Waals surface area contributed by atoms with Crippen LogP contribution in [0, 0.1) is 12.5 Å². The van der Waals surface area contributed by atoms with Crippen molar-refractivity contribution in [3.05, 3.63) is 41.2 Å². The third-order valence-electron chi connectivity index (χ3n) is 2.01. The van der Waals surface area contributed by atoms with Crippen molar-refractivity contribution in [3.63, 3.8) is 0 Å². The molecule has 0 heterocycles. The minimum absolute atomic E-state index is 0.142. The molecule has 0 fully saturated rings. The van der Waals surface area contributed by atoms with Crippen molar-refractivity contribution < 1.29 is 5.11 Å². The van der Waals surface area contributed by atoms with Gasteiger partial charge in [0.1, 0.15) is 0 Å². The van der Waals surface area contributed by atoms with Crippen LogP contribution in [0.5, 0.6) is 0 Å². The number of benzene rings is 1. The van der Waals surface area contributed by atoms with Crippen molar-refractivity contribution in [1.29, 1.82) is 0 Å². The van der Waals surface area contributed by atoms with E-state index in [4.69, 9.17) is 6.57 Å². The van der Waals surface area contributed by atoms with Crippen LogP contribution in [0.3, 0.4) is 0 Å². The van der Waals surface area contributed by atoms with Crippen LogP contribution >= 0.6 is 0 Å². The summed E-state index contributed by atoms with van der Waals surface area (Å²) in [4.78, 5) is 3.36. The van der Waals surface area contributed by atoms with Crippen molar-refractivity contribution in [2.45, 2.75) is 20.0 Å². The predicted octanol–water partition coefficient (Wildman–Crippen LogP) is 2.93. The van der Waals surface area contributed by atoms with Crippen molar-refractivity contribution in [2.24, 2.45) is 5.92 Å². The molecule has 0 aromatic heterocycles. The van der Waals surface area contributed by atoms with Crippen LogP contribution in [-0.2, 0) is 0 Å². The Balaban J connectivity index is 3.07. The fraction of sp³-hybridized carbons (Fsp3) is 0.364. The maximum Gasteiger partial charge on any atom is 0.192 e. The fourth-order valence-corrected chi connectivity index (χ4v) is 1.20. The summed E-state index contributed by atoms with van der Waals surface area (Å²) in [7, 11) is 0. The molecule has 1 unspecified atom stereocenters. The van der Waals surface area contributed by atoms with E-state index >= 15 is 0 Å². The lowest BCUT2D eigenvalue weighted by molar-refractivity contribution is 0.127. The maximum atomic E-state index is 9.77. The summed E-state index contributed by atoms with van der Waals surface area (Å²) in [5.41, 5.74) is 1.27. The number of hydrogen-bond acceptors (Lipinski definition) is 1. The first-order chi connectivity index (χ1) is 6.16. The van der Waals surface area contributed by atoms with E-state index in [9.17, 15) is 5.11 Å². The molecular formula is C11H13NO. The van der Waals surface area contributed by atoms with Gasteiger partial charge in [-0.25, -0.2) is 4.85 Å². The highest BCUT2D eigenvalue weighted by molar-refractivity contribution is 5.53. The summed E-state index contributed by atoms with van der Waals surface area (Å²) >= 11 is 0. The molecule has 1 aromatic rings. The standard InChI is InChI=1S/C11H13NO/c1-8(2)11(13)9-6-4-5-7-10(9)12-3/h4-8,11,13H,1-2H3. The van der Waals surface area contributed by atoms with Gasteiger partial charge in [0.2, 0.25) is 0 Å². The minimum Gasteiger partial charge on any atom is -0.389 e. The van der Waals surface area contributed by atoms with Gasteiger partial charge in [0, 0.05) is 0 Å². The zero-order valence-corrected chi connectivity index (χ0v) is 7.86. The first-order valence-corrected chi connectivity index (χ1v) is 4.31. The van der Waals surface area contributed by atoms with Gasteiger partial charge < -0.3 is 5.11 Å². The van der Waals surface area contributed by atoms with Gasteiger partial charge in [-0.2, -0.15) is 0 Å². The lowest BCUT2D eigenvalue weighted by Crippen LogP contribution is -2.05. The average Bonchev–Trinajstić information content (AvgIpc) is 2.16. The van der Waals surface area contributed by atoms with Crippen LogP contribution in [0.15, 0.2) is 24.3 Å². The molecule has 1 N–H and O–H groups in total.